The van der Waals surface area contributed by atoms with Gasteiger partial charge in [0.1, 0.15) is 5.82 Å². The molecular weight excluding hydrogens is 276 g/mol. The van der Waals surface area contributed by atoms with Gasteiger partial charge in [0.25, 0.3) is 0 Å². The van der Waals surface area contributed by atoms with Crippen LogP contribution in [0.25, 0.3) is 11.4 Å². The summed E-state index contributed by atoms with van der Waals surface area (Å²) in [5, 5.41) is 7.54. The van der Waals surface area contributed by atoms with E-state index in [2.05, 4.69) is 25.4 Å². The van der Waals surface area contributed by atoms with E-state index in [9.17, 15) is 0 Å². The fourth-order valence-corrected chi connectivity index (χ4v) is 2.17. The van der Waals surface area contributed by atoms with Crippen LogP contribution in [0.5, 0.6) is 0 Å². The first-order valence-electron chi connectivity index (χ1n) is 7.10. The molecule has 3 aromatic heterocycles. The lowest BCUT2D eigenvalue weighted by molar-refractivity contribution is 0.767. The zero-order valence-corrected chi connectivity index (χ0v) is 12.9. The molecule has 3 aromatic rings. The summed E-state index contributed by atoms with van der Waals surface area (Å²) < 4.78 is 1.79. The van der Waals surface area contributed by atoms with Crippen molar-refractivity contribution in [2.45, 2.75) is 20.4 Å². The van der Waals surface area contributed by atoms with Crippen molar-refractivity contribution in [3.05, 3.63) is 53.7 Å². The second-order valence-corrected chi connectivity index (χ2v) is 5.22. The molecule has 0 atom stereocenters. The van der Waals surface area contributed by atoms with Crippen molar-refractivity contribution in [1.29, 1.82) is 0 Å². The smallest absolute Gasteiger partial charge is 0.163 e. The maximum atomic E-state index is 4.64. The Morgan fingerprint density at radius 3 is 2.73 bits per heavy atom. The van der Waals surface area contributed by atoms with Gasteiger partial charge in [0.2, 0.25) is 0 Å². The monoisotopic (exact) mass is 294 g/mol. The predicted molar refractivity (Wildman–Crippen MR) is 85.3 cm³/mol. The topological polar surface area (TPSA) is 68.5 Å². The summed E-state index contributed by atoms with van der Waals surface area (Å²) in [4.78, 5) is 13.3. The van der Waals surface area contributed by atoms with Gasteiger partial charge in [-0.2, -0.15) is 5.10 Å². The Hall–Kier alpha value is -2.76. The number of anilines is 1. The van der Waals surface area contributed by atoms with E-state index in [-0.39, 0.29) is 0 Å². The van der Waals surface area contributed by atoms with Crippen LogP contribution in [-0.4, -0.2) is 24.7 Å². The number of rotatable bonds is 4. The van der Waals surface area contributed by atoms with Gasteiger partial charge in [0.15, 0.2) is 5.82 Å². The van der Waals surface area contributed by atoms with Crippen LogP contribution in [0.2, 0.25) is 0 Å². The van der Waals surface area contributed by atoms with Crippen LogP contribution in [0.3, 0.4) is 0 Å². The summed E-state index contributed by atoms with van der Waals surface area (Å²) in [6.07, 6.45) is 7.35. The zero-order valence-electron chi connectivity index (χ0n) is 12.9. The van der Waals surface area contributed by atoms with Crippen LogP contribution < -0.4 is 5.32 Å². The Labute approximate surface area is 129 Å². The van der Waals surface area contributed by atoms with Gasteiger partial charge in [-0.25, -0.2) is 9.97 Å². The SMILES string of the molecule is Cc1nc(-c2cccnc2)nc(NCc2cnn(C)c2)c1C. The molecule has 0 aliphatic heterocycles. The molecule has 3 heterocycles. The second-order valence-electron chi connectivity index (χ2n) is 5.22. The van der Waals surface area contributed by atoms with Crippen molar-refractivity contribution in [3.63, 3.8) is 0 Å². The third-order valence-electron chi connectivity index (χ3n) is 3.53. The minimum atomic E-state index is 0.678. The summed E-state index contributed by atoms with van der Waals surface area (Å²) in [5.74, 6) is 1.53. The van der Waals surface area contributed by atoms with Gasteiger partial charge in [-0.05, 0) is 26.0 Å². The summed E-state index contributed by atoms with van der Waals surface area (Å²) >= 11 is 0. The van der Waals surface area contributed by atoms with E-state index in [1.54, 1.807) is 17.1 Å². The highest BCUT2D eigenvalue weighted by molar-refractivity contribution is 5.58. The molecule has 0 saturated heterocycles. The molecule has 0 spiro atoms. The maximum Gasteiger partial charge on any atom is 0.163 e. The molecular formula is C16H18N6. The molecule has 0 saturated carbocycles. The van der Waals surface area contributed by atoms with Crippen LogP contribution in [0.1, 0.15) is 16.8 Å². The first kappa shape index (κ1) is 14.2. The van der Waals surface area contributed by atoms with Crippen LogP contribution in [0.4, 0.5) is 5.82 Å². The Balaban J connectivity index is 1.88. The second kappa shape index (κ2) is 5.93. The van der Waals surface area contributed by atoms with Gasteiger partial charge in [-0.1, -0.05) is 0 Å². The molecule has 0 amide bonds. The number of nitrogens with one attached hydrogen (secondary N) is 1. The zero-order chi connectivity index (χ0) is 15.5. The summed E-state index contributed by atoms with van der Waals surface area (Å²) in [6.45, 7) is 4.69. The molecule has 112 valence electrons. The number of aromatic nitrogens is 5. The van der Waals surface area contributed by atoms with Gasteiger partial charge in [0.05, 0.1) is 6.20 Å². The van der Waals surface area contributed by atoms with Gasteiger partial charge < -0.3 is 5.32 Å². The highest BCUT2D eigenvalue weighted by Crippen LogP contribution is 2.21. The van der Waals surface area contributed by atoms with Crippen LogP contribution in [0, 0.1) is 13.8 Å². The predicted octanol–water partition coefficient (Wildman–Crippen LogP) is 2.50. The van der Waals surface area contributed by atoms with Crippen molar-refractivity contribution < 1.29 is 0 Å². The first-order valence-corrected chi connectivity index (χ1v) is 7.10. The molecule has 0 bridgehead atoms. The van der Waals surface area contributed by atoms with Gasteiger partial charge in [-0.15, -0.1) is 0 Å². The molecule has 0 aliphatic rings. The van der Waals surface area contributed by atoms with E-state index in [1.165, 1.54) is 0 Å². The number of hydrogen-bond acceptors (Lipinski definition) is 5. The van der Waals surface area contributed by atoms with Crippen LogP contribution in [-0.2, 0) is 13.6 Å². The van der Waals surface area contributed by atoms with E-state index in [4.69, 9.17) is 0 Å². The summed E-state index contributed by atoms with van der Waals surface area (Å²) in [7, 11) is 1.91. The average molecular weight is 294 g/mol. The van der Waals surface area contributed by atoms with E-state index >= 15 is 0 Å². The molecule has 0 fully saturated rings. The highest BCUT2D eigenvalue weighted by Gasteiger charge is 2.10. The van der Waals surface area contributed by atoms with Gasteiger partial charge in [0, 0.05) is 54.6 Å². The fourth-order valence-electron chi connectivity index (χ4n) is 2.17. The third-order valence-corrected chi connectivity index (χ3v) is 3.53. The molecule has 0 unspecified atom stereocenters. The molecule has 1 N–H and O–H groups in total. The number of pyridine rings is 1. The summed E-state index contributed by atoms with van der Waals surface area (Å²) in [6, 6.07) is 3.85. The van der Waals surface area contributed by atoms with Crippen molar-refractivity contribution in [2.24, 2.45) is 7.05 Å². The molecule has 0 aromatic carbocycles. The molecule has 0 aliphatic carbocycles. The van der Waals surface area contributed by atoms with E-state index in [0.29, 0.717) is 12.4 Å². The lowest BCUT2D eigenvalue weighted by atomic mass is 10.2. The minimum absolute atomic E-state index is 0.678. The Morgan fingerprint density at radius 2 is 2.05 bits per heavy atom. The van der Waals surface area contributed by atoms with Crippen molar-refractivity contribution in [3.8, 4) is 11.4 Å². The Kier molecular flexibility index (Phi) is 3.82. The van der Waals surface area contributed by atoms with Crippen molar-refractivity contribution in [1.82, 2.24) is 24.7 Å². The van der Waals surface area contributed by atoms with E-state index in [1.807, 2.05) is 45.4 Å². The first-order chi connectivity index (χ1) is 10.6. The quantitative estimate of drug-likeness (QED) is 0.800. The van der Waals surface area contributed by atoms with E-state index in [0.717, 1.165) is 28.2 Å². The highest BCUT2D eigenvalue weighted by atomic mass is 15.2. The van der Waals surface area contributed by atoms with Crippen LogP contribution in [0.15, 0.2) is 36.9 Å². The molecule has 22 heavy (non-hydrogen) atoms. The molecule has 3 rings (SSSR count). The van der Waals surface area contributed by atoms with Crippen molar-refractivity contribution in [2.75, 3.05) is 5.32 Å². The normalized spacial score (nSPS) is 10.7. The molecule has 0 radical (unpaired) electrons. The van der Waals surface area contributed by atoms with Gasteiger partial charge in [-0.3, -0.25) is 9.67 Å². The maximum absolute atomic E-state index is 4.64. The lowest BCUT2D eigenvalue weighted by Gasteiger charge is -2.11. The lowest BCUT2D eigenvalue weighted by Crippen LogP contribution is -2.06. The number of hydrogen-bond donors (Lipinski definition) is 1. The largest absolute Gasteiger partial charge is 0.366 e. The molecule has 6 heteroatoms. The average Bonchev–Trinajstić information content (AvgIpc) is 2.95. The minimum Gasteiger partial charge on any atom is -0.366 e. The van der Waals surface area contributed by atoms with Crippen molar-refractivity contribution >= 4 is 5.82 Å². The standard InChI is InChI=1S/C16H18N6/c1-11-12(2)20-16(14-5-4-6-17-9-14)21-15(11)18-7-13-8-19-22(3)10-13/h4-6,8-10H,7H2,1-3H3,(H,18,20,21). The third kappa shape index (κ3) is 2.95. The Morgan fingerprint density at radius 1 is 1.18 bits per heavy atom. The number of aryl methyl sites for hydroxylation is 2. The van der Waals surface area contributed by atoms with E-state index < -0.39 is 0 Å². The van der Waals surface area contributed by atoms with Crippen LogP contribution >= 0.6 is 0 Å². The molecule has 6 nitrogen and oxygen atoms in total. The Bertz CT molecular complexity index is 779. The van der Waals surface area contributed by atoms with Gasteiger partial charge >= 0.3 is 0 Å². The number of nitrogens with zero attached hydrogens (tertiary/aromatic N) is 5. The fraction of sp³-hybridized carbons (Fsp3) is 0.250. The summed E-state index contributed by atoms with van der Waals surface area (Å²) in [5.41, 5.74) is 4.04.